The lowest BCUT2D eigenvalue weighted by Gasteiger charge is -2.35. The number of carbonyl (C=O) groups excluding carboxylic acids is 1. The Morgan fingerprint density at radius 2 is 2.19 bits per heavy atom. The number of hydrogen-bond donors (Lipinski definition) is 1. The van der Waals surface area contributed by atoms with E-state index in [9.17, 15) is 14.9 Å². The van der Waals surface area contributed by atoms with Gasteiger partial charge >= 0.3 is 0 Å². The van der Waals surface area contributed by atoms with E-state index >= 15 is 0 Å². The van der Waals surface area contributed by atoms with E-state index in [-0.39, 0.29) is 22.7 Å². The molecular formula is C14H18ClN3O3. The highest BCUT2D eigenvalue weighted by molar-refractivity contribution is 6.34. The molecule has 1 aliphatic heterocycles. The number of nitro benzene ring substituents is 1. The van der Waals surface area contributed by atoms with Crippen LogP contribution < -0.4 is 10.2 Å². The van der Waals surface area contributed by atoms with E-state index in [1.165, 1.54) is 13.0 Å². The lowest BCUT2D eigenvalue weighted by atomic mass is 10.0. The van der Waals surface area contributed by atoms with Gasteiger partial charge in [-0.25, -0.2) is 0 Å². The predicted octanol–water partition coefficient (Wildman–Crippen LogP) is 3.59. The predicted molar refractivity (Wildman–Crippen MR) is 83.1 cm³/mol. The van der Waals surface area contributed by atoms with Crippen LogP contribution in [0.1, 0.15) is 33.1 Å². The Bertz CT molecular complexity index is 577. The van der Waals surface area contributed by atoms with Gasteiger partial charge in [0.15, 0.2) is 0 Å². The van der Waals surface area contributed by atoms with Crippen LogP contribution in [0.3, 0.4) is 0 Å². The van der Waals surface area contributed by atoms with Crippen molar-refractivity contribution in [1.82, 2.24) is 0 Å². The quantitative estimate of drug-likeness (QED) is 0.683. The van der Waals surface area contributed by atoms with Crippen LogP contribution in [-0.4, -0.2) is 23.4 Å². The van der Waals surface area contributed by atoms with Crippen molar-refractivity contribution in [3.63, 3.8) is 0 Å². The molecule has 0 aromatic heterocycles. The Labute approximate surface area is 128 Å². The van der Waals surface area contributed by atoms with Crippen molar-refractivity contribution in [3.05, 3.63) is 27.3 Å². The Hall–Kier alpha value is -1.82. The molecule has 0 unspecified atom stereocenters. The van der Waals surface area contributed by atoms with E-state index < -0.39 is 4.92 Å². The minimum absolute atomic E-state index is 0.0251. The maximum atomic E-state index is 11.3. The van der Waals surface area contributed by atoms with E-state index in [1.54, 1.807) is 6.07 Å². The van der Waals surface area contributed by atoms with E-state index in [0.29, 0.717) is 11.4 Å². The number of halogens is 1. The van der Waals surface area contributed by atoms with Crippen LogP contribution in [0.5, 0.6) is 0 Å². The summed E-state index contributed by atoms with van der Waals surface area (Å²) in [5, 5.41) is 14.1. The van der Waals surface area contributed by atoms with Gasteiger partial charge in [0.05, 0.1) is 15.6 Å². The lowest BCUT2D eigenvalue weighted by molar-refractivity contribution is -0.384. The van der Waals surface area contributed by atoms with E-state index in [1.807, 2.05) is 4.90 Å². The summed E-state index contributed by atoms with van der Waals surface area (Å²) in [4.78, 5) is 24.1. The molecule has 6 nitrogen and oxygen atoms in total. The number of anilines is 2. The van der Waals surface area contributed by atoms with Crippen molar-refractivity contribution < 1.29 is 9.72 Å². The van der Waals surface area contributed by atoms with Crippen LogP contribution in [0.25, 0.3) is 0 Å². The standard InChI is InChI=1S/C14H18ClN3O3/c1-9-5-3-4-6-17(9)13-8-12(16-10(2)19)11(15)7-14(13)18(20)21/h7-9H,3-6H2,1-2H3,(H,16,19)/t9-/m0/s1. The second-order valence-electron chi connectivity index (χ2n) is 5.30. The Balaban J connectivity index is 2.49. The highest BCUT2D eigenvalue weighted by Crippen LogP contribution is 2.39. The highest BCUT2D eigenvalue weighted by Gasteiger charge is 2.27. The summed E-state index contributed by atoms with van der Waals surface area (Å²) >= 11 is 6.03. The molecule has 1 heterocycles. The summed E-state index contributed by atoms with van der Waals surface area (Å²) < 4.78 is 0. The topological polar surface area (TPSA) is 75.5 Å². The molecule has 114 valence electrons. The van der Waals surface area contributed by atoms with E-state index in [0.717, 1.165) is 25.8 Å². The zero-order valence-electron chi connectivity index (χ0n) is 12.1. The van der Waals surface area contributed by atoms with Gasteiger partial charge in [-0.3, -0.25) is 14.9 Å². The third-order valence-corrected chi connectivity index (χ3v) is 4.00. The van der Waals surface area contributed by atoms with Gasteiger partial charge in [0.25, 0.3) is 5.69 Å². The van der Waals surface area contributed by atoms with E-state index in [4.69, 9.17) is 11.6 Å². The van der Waals surface area contributed by atoms with E-state index in [2.05, 4.69) is 12.2 Å². The molecule has 1 aromatic rings. The van der Waals surface area contributed by atoms with Crippen molar-refractivity contribution in [1.29, 1.82) is 0 Å². The molecule has 0 radical (unpaired) electrons. The molecule has 1 N–H and O–H groups in total. The van der Waals surface area contributed by atoms with Crippen molar-refractivity contribution in [2.24, 2.45) is 0 Å². The second-order valence-corrected chi connectivity index (χ2v) is 5.70. The van der Waals surface area contributed by atoms with Gasteiger partial charge in [-0.15, -0.1) is 0 Å². The fourth-order valence-electron chi connectivity index (χ4n) is 2.67. The zero-order valence-corrected chi connectivity index (χ0v) is 12.8. The number of piperidine rings is 1. The largest absolute Gasteiger partial charge is 0.363 e. The van der Waals surface area contributed by atoms with Gasteiger partial charge in [0.2, 0.25) is 5.91 Å². The van der Waals surface area contributed by atoms with Crippen molar-refractivity contribution in [2.75, 3.05) is 16.8 Å². The maximum Gasteiger partial charge on any atom is 0.294 e. The summed E-state index contributed by atoms with van der Waals surface area (Å²) in [6, 6.07) is 3.14. The highest BCUT2D eigenvalue weighted by atomic mass is 35.5. The summed E-state index contributed by atoms with van der Waals surface area (Å²) in [6.45, 7) is 4.19. The third-order valence-electron chi connectivity index (χ3n) is 3.68. The molecule has 1 aromatic carbocycles. The first-order chi connectivity index (χ1) is 9.90. The second kappa shape index (κ2) is 6.30. The smallest absolute Gasteiger partial charge is 0.294 e. The molecule has 1 atom stereocenters. The van der Waals surface area contributed by atoms with Crippen molar-refractivity contribution >= 4 is 34.6 Å². The molecule has 1 fully saturated rings. The molecule has 7 heteroatoms. The molecular weight excluding hydrogens is 294 g/mol. The van der Waals surface area contributed by atoms with Gasteiger partial charge in [-0.2, -0.15) is 0 Å². The van der Waals surface area contributed by atoms with Gasteiger partial charge in [-0.1, -0.05) is 11.6 Å². The molecule has 1 amide bonds. The van der Waals surface area contributed by atoms with Crippen LogP contribution in [-0.2, 0) is 4.79 Å². The normalized spacial score (nSPS) is 18.4. The Kier molecular flexibility index (Phi) is 4.67. The van der Waals surface area contributed by atoms with Crippen molar-refractivity contribution in [2.45, 2.75) is 39.2 Å². The minimum Gasteiger partial charge on any atom is -0.363 e. The number of nitro groups is 1. The molecule has 0 aliphatic carbocycles. The summed E-state index contributed by atoms with van der Waals surface area (Å²) in [6.07, 6.45) is 3.12. The summed E-state index contributed by atoms with van der Waals surface area (Å²) in [5.41, 5.74) is 0.894. The van der Waals surface area contributed by atoms with Crippen LogP contribution in [0.4, 0.5) is 17.1 Å². The molecule has 1 saturated heterocycles. The Morgan fingerprint density at radius 1 is 1.48 bits per heavy atom. The SMILES string of the molecule is CC(=O)Nc1cc(N2CCCC[C@@H]2C)c([N+](=O)[O-])cc1Cl. The minimum atomic E-state index is -0.430. The number of hydrogen-bond acceptors (Lipinski definition) is 4. The molecule has 1 aliphatic rings. The van der Waals surface area contributed by atoms with Crippen LogP contribution >= 0.6 is 11.6 Å². The molecule has 0 bridgehead atoms. The maximum absolute atomic E-state index is 11.3. The fraction of sp³-hybridized carbons (Fsp3) is 0.500. The fourth-order valence-corrected chi connectivity index (χ4v) is 2.87. The lowest BCUT2D eigenvalue weighted by Crippen LogP contribution is -2.37. The van der Waals surface area contributed by atoms with Gasteiger partial charge in [0, 0.05) is 25.6 Å². The number of amides is 1. The first-order valence-electron chi connectivity index (χ1n) is 6.92. The third kappa shape index (κ3) is 3.44. The average Bonchev–Trinajstić information content (AvgIpc) is 2.40. The van der Waals surface area contributed by atoms with Gasteiger partial charge in [0.1, 0.15) is 5.69 Å². The Morgan fingerprint density at radius 3 is 2.76 bits per heavy atom. The summed E-state index contributed by atoms with van der Waals surface area (Å²) in [7, 11) is 0. The van der Waals surface area contributed by atoms with Gasteiger partial charge < -0.3 is 10.2 Å². The number of benzene rings is 1. The first kappa shape index (κ1) is 15.6. The molecule has 0 saturated carbocycles. The number of nitrogens with one attached hydrogen (secondary N) is 1. The number of nitrogens with zero attached hydrogens (tertiary/aromatic N) is 2. The van der Waals surface area contributed by atoms with Crippen molar-refractivity contribution in [3.8, 4) is 0 Å². The van der Waals surface area contributed by atoms with Crippen LogP contribution in [0.15, 0.2) is 12.1 Å². The number of carbonyl (C=O) groups is 1. The summed E-state index contributed by atoms with van der Waals surface area (Å²) in [5.74, 6) is -0.261. The van der Waals surface area contributed by atoms with Crippen LogP contribution in [0, 0.1) is 10.1 Å². The first-order valence-corrected chi connectivity index (χ1v) is 7.30. The van der Waals surface area contributed by atoms with Crippen LogP contribution in [0.2, 0.25) is 5.02 Å². The monoisotopic (exact) mass is 311 g/mol. The molecule has 2 rings (SSSR count). The molecule has 21 heavy (non-hydrogen) atoms. The van der Waals surface area contributed by atoms with Gasteiger partial charge in [-0.05, 0) is 32.3 Å². The average molecular weight is 312 g/mol. The number of rotatable bonds is 3. The zero-order chi connectivity index (χ0) is 15.6. The molecule has 0 spiro atoms.